The summed E-state index contributed by atoms with van der Waals surface area (Å²) < 4.78 is 16.2. The topological polar surface area (TPSA) is 111 Å². The maximum absolute atomic E-state index is 12.1. The van der Waals surface area contributed by atoms with Gasteiger partial charge in [0.15, 0.2) is 6.61 Å². The monoisotopic (exact) mass is 391 g/mol. The quantitative estimate of drug-likeness (QED) is 0.497. The van der Waals surface area contributed by atoms with E-state index < -0.39 is 5.97 Å². The van der Waals surface area contributed by atoms with E-state index in [1.165, 1.54) is 0 Å². The Labute approximate surface area is 165 Å². The number of benzene rings is 2. The van der Waals surface area contributed by atoms with E-state index in [1.807, 2.05) is 30.3 Å². The molecule has 2 aromatic heterocycles. The molecule has 0 aliphatic carbocycles. The van der Waals surface area contributed by atoms with Crippen LogP contribution < -0.4 is 0 Å². The predicted octanol–water partition coefficient (Wildman–Crippen LogP) is 3.55. The Morgan fingerprint density at radius 2 is 1.83 bits per heavy atom. The molecule has 8 heteroatoms. The smallest absolute Gasteiger partial charge is 0.338 e. The van der Waals surface area contributed by atoms with Crippen molar-refractivity contribution in [2.24, 2.45) is 0 Å². The lowest BCUT2D eigenvalue weighted by Gasteiger charge is -2.03. The summed E-state index contributed by atoms with van der Waals surface area (Å²) in [5.74, 6) is 0.404. The number of aryl methyl sites for hydroxylation is 1. The fourth-order valence-electron chi connectivity index (χ4n) is 2.79. The van der Waals surface area contributed by atoms with Crippen LogP contribution in [0.25, 0.3) is 22.7 Å². The van der Waals surface area contributed by atoms with Crippen molar-refractivity contribution in [1.82, 2.24) is 15.4 Å². The van der Waals surface area contributed by atoms with Crippen LogP contribution in [-0.2, 0) is 18.0 Å². The third kappa shape index (κ3) is 3.92. The molecule has 8 nitrogen and oxygen atoms in total. The molecular weight excluding hydrogens is 374 g/mol. The first-order chi connectivity index (χ1) is 14.2. The van der Waals surface area contributed by atoms with Gasteiger partial charge in [-0.3, -0.25) is 0 Å². The number of aliphatic hydroxyl groups excluding tert-OH is 1. The molecule has 29 heavy (non-hydrogen) atoms. The molecule has 2 aromatic carbocycles. The summed E-state index contributed by atoms with van der Waals surface area (Å²) in [6, 6.07) is 16.0. The van der Waals surface area contributed by atoms with Crippen molar-refractivity contribution < 1.29 is 23.6 Å². The Bertz CT molecular complexity index is 1120. The van der Waals surface area contributed by atoms with E-state index in [0.717, 1.165) is 5.56 Å². The predicted molar refractivity (Wildman–Crippen MR) is 101 cm³/mol. The summed E-state index contributed by atoms with van der Waals surface area (Å²) in [5, 5.41) is 21.1. The van der Waals surface area contributed by atoms with Gasteiger partial charge in [0, 0.05) is 5.56 Å². The van der Waals surface area contributed by atoms with Gasteiger partial charge >= 0.3 is 5.97 Å². The third-order valence-electron chi connectivity index (χ3n) is 4.29. The van der Waals surface area contributed by atoms with E-state index in [1.54, 1.807) is 31.2 Å². The standard InChI is InChI=1S/C21H17N3O5/c1-13-18(19(24-29-13)15-5-3-2-4-6-15)20-23-22-17(28-20)12-27-21(26)16-9-7-14(11-25)8-10-16/h2-10,25H,11-12H2,1H3. The van der Waals surface area contributed by atoms with Crippen molar-refractivity contribution in [3.63, 3.8) is 0 Å². The molecule has 2 heterocycles. The fourth-order valence-corrected chi connectivity index (χ4v) is 2.79. The summed E-state index contributed by atoms with van der Waals surface area (Å²) in [7, 11) is 0. The van der Waals surface area contributed by atoms with Crippen LogP contribution in [0.3, 0.4) is 0 Å². The fraction of sp³-hybridized carbons (Fsp3) is 0.143. The van der Waals surface area contributed by atoms with Gasteiger partial charge in [0.25, 0.3) is 11.8 Å². The second kappa shape index (κ2) is 8.07. The highest BCUT2D eigenvalue weighted by molar-refractivity contribution is 5.89. The summed E-state index contributed by atoms with van der Waals surface area (Å²) in [5.41, 5.74) is 3.13. The van der Waals surface area contributed by atoms with Crippen LogP contribution >= 0.6 is 0 Å². The molecule has 0 spiro atoms. The summed E-state index contributed by atoms with van der Waals surface area (Å²) in [6.07, 6.45) is 0. The number of ether oxygens (including phenoxy) is 1. The number of hydrogen-bond donors (Lipinski definition) is 1. The Morgan fingerprint density at radius 3 is 2.55 bits per heavy atom. The normalized spacial score (nSPS) is 10.8. The second-order valence-electron chi connectivity index (χ2n) is 6.26. The molecule has 0 unspecified atom stereocenters. The minimum atomic E-state index is -0.527. The van der Waals surface area contributed by atoms with Crippen molar-refractivity contribution in [3.05, 3.63) is 77.4 Å². The highest BCUT2D eigenvalue weighted by Crippen LogP contribution is 2.33. The molecule has 0 saturated carbocycles. The van der Waals surface area contributed by atoms with Gasteiger partial charge in [-0.05, 0) is 24.6 Å². The number of carbonyl (C=O) groups is 1. The maximum atomic E-state index is 12.1. The van der Waals surface area contributed by atoms with E-state index in [0.29, 0.717) is 28.1 Å². The van der Waals surface area contributed by atoms with E-state index in [4.69, 9.17) is 18.8 Å². The molecule has 0 atom stereocenters. The second-order valence-corrected chi connectivity index (χ2v) is 6.26. The van der Waals surface area contributed by atoms with Crippen molar-refractivity contribution in [3.8, 4) is 22.7 Å². The average molecular weight is 391 g/mol. The summed E-state index contributed by atoms with van der Waals surface area (Å²) in [6.45, 7) is 1.50. The molecule has 0 aliphatic rings. The van der Waals surface area contributed by atoms with Crippen molar-refractivity contribution in [2.75, 3.05) is 0 Å². The van der Waals surface area contributed by atoms with E-state index in [9.17, 15) is 4.79 Å². The van der Waals surface area contributed by atoms with Crippen LogP contribution in [0.15, 0.2) is 63.5 Å². The van der Waals surface area contributed by atoms with Gasteiger partial charge in [-0.15, -0.1) is 10.2 Å². The minimum Gasteiger partial charge on any atom is -0.452 e. The molecule has 4 aromatic rings. The summed E-state index contributed by atoms with van der Waals surface area (Å²) in [4.78, 5) is 12.1. The molecule has 0 aliphatic heterocycles. The molecular formula is C21H17N3O5. The largest absolute Gasteiger partial charge is 0.452 e. The van der Waals surface area contributed by atoms with Crippen molar-refractivity contribution >= 4 is 5.97 Å². The highest BCUT2D eigenvalue weighted by Gasteiger charge is 2.22. The Balaban J connectivity index is 1.49. The average Bonchev–Trinajstić information content (AvgIpc) is 3.39. The number of hydrogen-bond acceptors (Lipinski definition) is 8. The lowest BCUT2D eigenvalue weighted by Crippen LogP contribution is -2.05. The third-order valence-corrected chi connectivity index (χ3v) is 4.29. The number of carbonyl (C=O) groups excluding carboxylic acids is 1. The number of nitrogens with zero attached hydrogens (tertiary/aromatic N) is 3. The Hall–Kier alpha value is -3.78. The van der Waals surface area contributed by atoms with Crippen LogP contribution in [0, 0.1) is 6.92 Å². The van der Waals surface area contributed by atoms with Crippen LogP contribution in [0.5, 0.6) is 0 Å². The van der Waals surface area contributed by atoms with Gasteiger partial charge in [-0.1, -0.05) is 47.6 Å². The lowest BCUT2D eigenvalue weighted by molar-refractivity contribution is 0.0438. The Kier molecular flexibility index (Phi) is 5.17. The SMILES string of the molecule is Cc1onc(-c2ccccc2)c1-c1nnc(COC(=O)c2ccc(CO)cc2)o1. The molecule has 0 saturated heterocycles. The zero-order chi connectivity index (χ0) is 20.2. The molecule has 0 amide bonds. The first kappa shape index (κ1) is 18.6. The lowest BCUT2D eigenvalue weighted by atomic mass is 10.1. The Morgan fingerprint density at radius 1 is 1.07 bits per heavy atom. The van der Waals surface area contributed by atoms with E-state index in [-0.39, 0.29) is 25.0 Å². The zero-order valence-electron chi connectivity index (χ0n) is 15.5. The van der Waals surface area contributed by atoms with Crippen molar-refractivity contribution in [2.45, 2.75) is 20.1 Å². The van der Waals surface area contributed by atoms with Crippen molar-refractivity contribution in [1.29, 1.82) is 0 Å². The first-order valence-electron chi connectivity index (χ1n) is 8.87. The molecule has 146 valence electrons. The van der Waals surface area contributed by atoms with E-state index in [2.05, 4.69) is 15.4 Å². The zero-order valence-corrected chi connectivity index (χ0v) is 15.5. The van der Waals surface area contributed by atoms with Crippen LogP contribution in [0.2, 0.25) is 0 Å². The summed E-state index contributed by atoms with van der Waals surface area (Å²) >= 11 is 0. The van der Waals surface area contributed by atoms with Crippen LogP contribution in [0.4, 0.5) is 0 Å². The van der Waals surface area contributed by atoms with Gasteiger partial charge < -0.3 is 18.8 Å². The number of aliphatic hydroxyl groups is 1. The van der Waals surface area contributed by atoms with E-state index >= 15 is 0 Å². The number of rotatable bonds is 6. The maximum Gasteiger partial charge on any atom is 0.338 e. The van der Waals surface area contributed by atoms with Gasteiger partial charge in [0.05, 0.1) is 12.2 Å². The highest BCUT2D eigenvalue weighted by atomic mass is 16.5. The molecule has 1 N–H and O–H groups in total. The van der Waals surface area contributed by atoms with Gasteiger partial charge in [-0.25, -0.2) is 4.79 Å². The number of aromatic nitrogens is 3. The number of esters is 1. The first-order valence-corrected chi connectivity index (χ1v) is 8.87. The van der Waals surface area contributed by atoms with Gasteiger partial charge in [0.2, 0.25) is 0 Å². The molecule has 0 radical (unpaired) electrons. The molecule has 0 bridgehead atoms. The molecule has 0 fully saturated rings. The molecule has 4 rings (SSSR count). The van der Waals surface area contributed by atoms with Gasteiger partial charge in [0.1, 0.15) is 17.0 Å². The minimum absolute atomic E-state index is 0.0899. The van der Waals surface area contributed by atoms with Gasteiger partial charge in [-0.2, -0.15) is 0 Å². The van der Waals surface area contributed by atoms with Crippen LogP contribution in [0.1, 0.15) is 27.6 Å². The van der Waals surface area contributed by atoms with Crippen LogP contribution in [-0.4, -0.2) is 26.4 Å².